The van der Waals surface area contributed by atoms with Gasteiger partial charge in [-0.25, -0.2) is 4.98 Å². The van der Waals surface area contributed by atoms with E-state index in [0.717, 1.165) is 17.7 Å². The van der Waals surface area contributed by atoms with Crippen molar-refractivity contribution in [3.8, 4) is 11.3 Å². The molecule has 0 aliphatic carbocycles. The van der Waals surface area contributed by atoms with Crippen LogP contribution >= 0.6 is 0 Å². The molecule has 3 amide bonds. The minimum Gasteiger partial charge on any atom is -0.354 e. The lowest BCUT2D eigenvalue weighted by atomic mass is 10.0. The van der Waals surface area contributed by atoms with Crippen molar-refractivity contribution in [2.45, 2.75) is 19.1 Å². The molecule has 0 radical (unpaired) electrons. The van der Waals surface area contributed by atoms with Gasteiger partial charge in [0.05, 0.1) is 28.4 Å². The number of nitrogens with one attached hydrogen (secondary N) is 3. The Bertz CT molecular complexity index is 1830. The first-order valence-electron chi connectivity index (χ1n) is 13.5. The van der Waals surface area contributed by atoms with E-state index in [9.17, 15) is 27.6 Å². The van der Waals surface area contributed by atoms with Crippen molar-refractivity contribution in [2.75, 3.05) is 11.9 Å². The molecule has 3 N–H and O–H groups in total. The van der Waals surface area contributed by atoms with Gasteiger partial charge in [0.1, 0.15) is 5.82 Å². The molecule has 2 aromatic heterocycles. The molecule has 5 rings (SSSR count). The second kappa shape index (κ2) is 12.7. The van der Waals surface area contributed by atoms with Crippen LogP contribution in [0.5, 0.6) is 0 Å². The Morgan fingerprint density at radius 3 is 2.30 bits per heavy atom. The molecule has 0 fully saturated rings. The van der Waals surface area contributed by atoms with Crippen molar-refractivity contribution in [2.24, 2.45) is 0 Å². The smallest absolute Gasteiger partial charge is 0.354 e. The summed E-state index contributed by atoms with van der Waals surface area (Å²) in [4.78, 5) is 46.5. The number of aromatic nitrogens is 2. The molecule has 222 valence electrons. The molecule has 0 unspecified atom stereocenters. The lowest BCUT2D eigenvalue weighted by molar-refractivity contribution is -0.137. The third kappa shape index (κ3) is 7.06. The summed E-state index contributed by atoms with van der Waals surface area (Å²) in [6, 6.07) is 24.6. The zero-order chi connectivity index (χ0) is 31.3. The number of fused-ring (bicyclic) bond motifs is 1. The Morgan fingerprint density at radius 2 is 1.59 bits per heavy atom. The van der Waals surface area contributed by atoms with Gasteiger partial charge in [-0.15, -0.1) is 0 Å². The molecule has 2 heterocycles. The number of halogens is 3. The van der Waals surface area contributed by atoms with Crippen LogP contribution < -0.4 is 16.0 Å². The molecule has 3 aromatic carbocycles. The van der Waals surface area contributed by atoms with Gasteiger partial charge < -0.3 is 16.0 Å². The Labute approximate surface area is 250 Å². The second-order valence-corrected chi connectivity index (χ2v) is 9.91. The summed E-state index contributed by atoms with van der Waals surface area (Å²) in [5, 5.41) is 9.07. The molecule has 0 aliphatic rings. The average molecular weight is 598 g/mol. The number of hydrogen-bond donors (Lipinski definition) is 3. The van der Waals surface area contributed by atoms with Crippen LogP contribution in [0.2, 0.25) is 0 Å². The minimum absolute atomic E-state index is 0.161. The van der Waals surface area contributed by atoms with E-state index >= 15 is 0 Å². The number of benzene rings is 3. The van der Waals surface area contributed by atoms with Crippen molar-refractivity contribution < 1.29 is 27.6 Å². The van der Waals surface area contributed by atoms with Gasteiger partial charge in [-0.3, -0.25) is 19.4 Å². The lowest BCUT2D eigenvalue weighted by Gasteiger charge is -2.20. The molecule has 0 aliphatic heterocycles. The summed E-state index contributed by atoms with van der Waals surface area (Å²) in [5.41, 5.74) is 1.68. The molecule has 8 nitrogen and oxygen atoms in total. The van der Waals surface area contributed by atoms with Gasteiger partial charge in [-0.2, -0.15) is 13.2 Å². The van der Waals surface area contributed by atoms with Crippen LogP contribution in [0, 0.1) is 0 Å². The maximum atomic E-state index is 13.2. The number of carbonyl (C=O) groups excluding carboxylic acids is 3. The molecule has 0 saturated heterocycles. The molecular formula is C33H26F3N5O3. The number of nitrogens with zero attached hydrogens (tertiary/aromatic N) is 2. The van der Waals surface area contributed by atoms with Gasteiger partial charge >= 0.3 is 6.18 Å². The highest BCUT2D eigenvalue weighted by Gasteiger charge is 2.30. The van der Waals surface area contributed by atoms with Gasteiger partial charge in [-0.05, 0) is 60.2 Å². The van der Waals surface area contributed by atoms with Gasteiger partial charge in [-0.1, -0.05) is 42.5 Å². The van der Waals surface area contributed by atoms with E-state index in [2.05, 4.69) is 25.9 Å². The largest absolute Gasteiger partial charge is 0.416 e. The van der Waals surface area contributed by atoms with Crippen molar-refractivity contribution in [3.63, 3.8) is 0 Å². The third-order valence-electron chi connectivity index (χ3n) is 6.79. The standard InChI is InChI=1S/C33H26F3N5O3/c1-20(42)38-19-28(21-6-3-2-4-7-21)40-31(43)24-11-15-27-23(18-24)12-16-29(39-27)41-32(44)26-8-5-17-37-30(26)22-9-13-25(14-10-22)33(34,35)36/h2-18,28H,19H2,1H3,(H,38,42)(H,40,43)(H,39,41,44)/t28-/m1/s1. The average Bonchev–Trinajstić information content (AvgIpc) is 3.02. The highest BCUT2D eigenvalue weighted by atomic mass is 19.4. The van der Waals surface area contributed by atoms with Gasteiger partial charge in [0.25, 0.3) is 11.8 Å². The maximum Gasteiger partial charge on any atom is 0.416 e. The second-order valence-electron chi connectivity index (χ2n) is 9.91. The zero-order valence-corrected chi connectivity index (χ0v) is 23.4. The Hall–Kier alpha value is -5.58. The summed E-state index contributed by atoms with van der Waals surface area (Å²) in [7, 11) is 0. The Balaban J connectivity index is 1.32. The van der Waals surface area contributed by atoms with Crippen LogP contribution in [0.25, 0.3) is 22.2 Å². The number of pyridine rings is 2. The van der Waals surface area contributed by atoms with Crippen molar-refractivity contribution >= 4 is 34.4 Å². The normalized spacial score (nSPS) is 11.9. The van der Waals surface area contributed by atoms with E-state index < -0.39 is 23.7 Å². The first-order chi connectivity index (χ1) is 21.1. The Kier molecular flexibility index (Phi) is 8.66. The summed E-state index contributed by atoms with van der Waals surface area (Å²) in [5.74, 6) is -0.849. The van der Waals surface area contributed by atoms with Crippen molar-refractivity contribution in [1.29, 1.82) is 0 Å². The molecule has 1 atom stereocenters. The van der Waals surface area contributed by atoms with Gasteiger partial charge in [0.15, 0.2) is 0 Å². The number of alkyl halides is 3. The third-order valence-corrected chi connectivity index (χ3v) is 6.79. The fraction of sp³-hybridized carbons (Fsp3) is 0.121. The fourth-order valence-corrected chi connectivity index (χ4v) is 4.58. The predicted molar refractivity (Wildman–Crippen MR) is 160 cm³/mol. The van der Waals surface area contributed by atoms with E-state index in [4.69, 9.17) is 0 Å². The van der Waals surface area contributed by atoms with Crippen molar-refractivity contribution in [1.82, 2.24) is 20.6 Å². The molecule has 11 heteroatoms. The van der Waals surface area contributed by atoms with Crippen LogP contribution in [0.4, 0.5) is 19.0 Å². The van der Waals surface area contributed by atoms with Crippen molar-refractivity contribution in [3.05, 3.63) is 126 Å². The van der Waals surface area contributed by atoms with E-state index in [-0.39, 0.29) is 35.4 Å². The quantitative estimate of drug-likeness (QED) is 0.198. The number of amides is 3. The first-order valence-corrected chi connectivity index (χ1v) is 13.5. The highest BCUT2D eigenvalue weighted by molar-refractivity contribution is 6.08. The minimum atomic E-state index is -4.48. The van der Waals surface area contributed by atoms with Crippen LogP contribution in [-0.2, 0) is 11.0 Å². The van der Waals surface area contributed by atoms with E-state index in [1.807, 2.05) is 30.3 Å². The first kappa shape index (κ1) is 29.9. The summed E-state index contributed by atoms with van der Waals surface area (Å²) in [6.45, 7) is 1.63. The lowest BCUT2D eigenvalue weighted by Crippen LogP contribution is -2.37. The fourth-order valence-electron chi connectivity index (χ4n) is 4.58. The molecule has 0 spiro atoms. The molecule has 5 aromatic rings. The zero-order valence-electron chi connectivity index (χ0n) is 23.4. The van der Waals surface area contributed by atoms with E-state index in [1.54, 1.807) is 36.4 Å². The topological polar surface area (TPSA) is 113 Å². The monoisotopic (exact) mass is 597 g/mol. The number of anilines is 1. The summed E-state index contributed by atoms with van der Waals surface area (Å²) < 4.78 is 39.0. The van der Waals surface area contributed by atoms with Gasteiger partial charge in [0.2, 0.25) is 5.91 Å². The number of hydrogen-bond acceptors (Lipinski definition) is 5. The van der Waals surface area contributed by atoms with Crippen LogP contribution in [0.1, 0.15) is 44.8 Å². The molecule has 0 saturated carbocycles. The Morgan fingerprint density at radius 1 is 0.841 bits per heavy atom. The summed E-state index contributed by atoms with van der Waals surface area (Å²) in [6.07, 6.45) is -3.03. The molecular weight excluding hydrogens is 571 g/mol. The van der Waals surface area contributed by atoms with Gasteiger partial charge in [0, 0.05) is 36.2 Å². The van der Waals surface area contributed by atoms with Crippen LogP contribution in [0.15, 0.2) is 103 Å². The SMILES string of the molecule is CC(=O)NC[C@@H](NC(=O)c1ccc2nc(NC(=O)c3cccnc3-c3ccc(C(F)(F)F)cc3)ccc2c1)c1ccccc1. The molecule has 44 heavy (non-hydrogen) atoms. The summed E-state index contributed by atoms with van der Waals surface area (Å²) >= 11 is 0. The number of carbonyl (C=O) groups is 3. The predicted octanol–water partition coefficient (Wildman–Crippen LogP) is 6.18. The van der Waals surface area contributed by atoms with E-state index in [1.165, 1.54) is 31.3 Å². The molecule has 0 bridgehead atoms. The van der Waals surface area contributed by atoms with Crippen LogP contribution in [0.3, 0.4) is 0 Å². The number of rotatable bonds is 8. The van der Waals surface area contributed by atoms with E-state index in [0.29, 0.717) is 22.0 Å². The maximum absolute atomic E-state index is 13.2. The highest BCUT2D eigenvalue weighted by Crippen LogP contribution is 2.31. The van der Waals surface area contributed by atoms with Crippen LogP contribution in [-0.4, -0.2) is 34.2 Å².